The maximum Gasteiger partial charge on any atom is 0.258 e. The van der Waals surface area contributed by atoms with Crippen molar-refractivity contribution in [3.8, 4) is 0 Å². The molecule has 2 aromatic carbocycles. The maximum absolute atomic E-state index is 13.0. The van der Waals surface area contributed by atoms with Crippen LogP contribution in [0.5, 0.6) is 0 Å². The molecule has 4 heteroatoms. The molecule has 4 nitrogen and oxygen atoms in total. The van der Waals surface area contributed by atoms with Gasteiger partial charge in [-0.05, 0) is 37.1 Å². The van der Waals surface area contributed by atoms with Gasteiger partial charge in [-0.2, -0.15) is 10.2 Å². The Hall–Kier alpha value is -2.75. The molecular formula is C18H15N3O. The van der Waals surface area contributed by atoms with Crippen LogP contribution >= 0.6 is 0 Å². The standard InChI is InChI=1S/C18H15N3O/c1-12-8-13-4-2-3-5-17(13)21(12)18(22)14-6-7-15-10-19-20-11-16(15)9-14/h2-7,9-12H,8H2,1H3/t12-/m1/s1. The monoisotopic (exact) mass is 289 g/mol. The second-order valence-electron chi connectivity index (χ2n) is 5.69. The van der Waals surface area contributed by atoms with Gasteiger partial charge in [0, 0.05) is 28.1 Å². The Morgan fingerprint density at radius 2 is 1.86 bits per heavy atom. The number of amides is 1. The number of para-hydroxylation sites is 1. The van der Waals surface area contributed by atoms with E-state index < -0.39 is 0 Å². The van der Waals surface area contributed by atoms with Gasteiger partial charge in [0.1, 0.15) is 0 Å². The predicted molar refractivity (Wildman–Crippen MR) is 86.0 cm³/mol. The van der Waals surface area contributed by atoms with E-state index in [4.69, 9.17) is 0 Å². The summed E-state index contributed by atoms with van der Waals surface area (Å²) in [7, 11) is 0. The zero-order valence-corrected chi connectivity index (χ0v) is 12.2. The van der Waals surface area contributed by atoms with E-state index in [-0.39, 0.29) is 11.9 Å². The van der Waals surface area contributed by atoms with Crippen molar-refractivity contribution in [3.63, 3.8) is 0 Å². The maximum atomic E-state index is 13.0. The van der Waals surface area contributed by atoms with Gasteiger partial charge in [0.2, 0.25) is 0 Å². The Labute approximate surface area is 128 Å². The molecule has 1 aliphatic rings. The van der Waals surface area contributed by atoms with Crippen LogP contribution in [-0.2, 0) is 6.42 Å². The molecule has 0 fully saturated rings. The van der Waals surface area contributed by atoms with Gasteiger partial charge in [0.15, 0.2) is 0 Å². The van der Waals surface area contributed by atoms with Crippen LogP contribution in [0.4, 0.5) is 5.69 Å². The Bertz CT molecular complexity index is 875. The summed E-state index contributed by atoms with van der Waals surface area (Å²) in [6.07, 6.45) is 4.30. The first kappa shape index (κ1) is 13.0. The SMILES string of the molecule is C[C@@H]1Cc2ccccc2N1C(=O)c1ccc2cnncc2c1. The van der Waals surface area contributed by atoms with E-state index in [1.54, 1.807) is 12.4 Å². The van der Waals surface area contributed by atoms with Crippen LogP contribution in [0.25, 0.3) is 10.8 Å². The van der Waals surface area contributed by atoms with Gasteiger partial charge in [0.05, 0.1) is 12.4 Å². The second kappa shape index (κ2) is 4.91. The van der Waals surface area contributed by atoms with Gasteiger partial charge in [-0.25, -0.2) is 0 Å². The molecule has 0 saturated carbocycles. The topological polar surface area (TPSA) is 46.1 Å². The third-order valence-electron chi connectivity index (χ3n) is 4.22. The molecule has 0 spiro atoms. The van der Waals surface area contributed by atoms with E-state index in [0.717, 1.165) is 22.9 Å². The lowest BCUT2D eigenvalue weighted by atomic mass is 10.1. The van der Waals surface area contributed by atoms with Crippen molar-refractivity contribution < 1.29 is 4.79 Å². The van der Waals surface area contributed by atoms with Gasteiger partial charge in [-0.15, -0.1) is 0 Å². The first-order valence-corrected chi connectivity index (χ1v) is 7.36. The van der Waals surface area contributed by atoms with Crippen molar-refractivity contribution in [2.75, 3.05) is 4.90 Å². The van der Waals surface area contributed by atoms with Crippen LogP contribution < -0.4 is 4.90 Å². The fourth-order valence-electron chi connectivity index (χ4n) is 3.14. The molecule has 1 aromatic heterocycles. The van der Waals surface area contributed by atoms with E-state index in [9.17, 15) is 4.79 Å². The lowest BCUT2D eigenvalue weighted by Crippen LogP contribution is -2.35. The number of nitrogens with zero attached hydrogens (tertiary/aromatic N) is 3. The molecule has 0 unspecified atom stereocenters. The third kappa shape index (κ3) is 1.96. The third-order valence-corrected chi connectivity index (χ3v) is 4.22. The van der Waals surface area contributed by atoms with Crippen molar-refractivity contribution in [2.24, 2.45) is 0 Å². The molecule has 0 saturated heterocycles. The predicted octanol–water partition coefficient (Wildman–Crippen LogP) is 3.22. The summed E-state index contributed by atoms with van der Waals surface area (Å²) < 4.78 is 0. The van der Waals surface area contributed by atoms with E-state index in [1.165, 1.54) is 5.56 Å². The summed E-state index contributed by atoms with van der Waals surface area (Å²) in [5.74, 6) is 0.0381. The van der Waals surface area contributed by atoms with Gasteiger partial charge in [-0.1, -0.05) is 24.3 Å². The number of carbonyl (C=O) groups excluding carboxylic acids is 1. The van der Waals surface area contributed by atoms with E-state index in [0.29, 0.717) is 5.56 Å². The average molecular weight is 289 g/mol. The van der Waals surface area contributed by atoms with Crippen molar-refractivity contribution >= 4 is 22.4 Å². The van der Waals surface area contributed by atoms with Crippen LogP contribution in [0, 0.1) is 0 Å². The number of aromatic nitrogens is 2. The number of hydrogen-bond donors (Lipinski definition) is 0. The first-order chi connectivity index (χ1) is 10.7. The summed E-state index contributed by atoms with van der Waals surface area (Å²) in [5, 5.41) is 9.67. The summed E-state index contributed by atoms with van der Waals surface area (Å²) in [6, 6.07) is 14.0. The lowest BCUT2D eigenvalue weighted by molar-refractivity contribution is 0.0981. The number of hydrogen-bond acceptors (Lipinski definition) is 3. The number of fused-ring (bicyclic) bond motifs is 2. The molecule has 1 atom stereocenters. The molecule has 0 aliphatic carbocycles. The number of anilines is 1. The molecule has 4 rings (SSSR count). The highest BCUT2D eigenvalue weighted by molar-refractivity contribution is 6.09. The quantitative estimate of drug-likeness (QED) is 0.691. The Kier molecular flexibility index (Phi) is 2.89. The van der Waals surface area contributed by atoms with Crippen molar-refractivity contribution in [3.05, 3.63) is 66.0 Å². The number of benzene rings is 2. The molecule has 108 valence electrons. The van der Waals surface area contributed by atoms with Crippen molar-refractivity contribution in [1.82, 2.24) is 10.2 Å². The fourth-order valence-corrected chi connectivity index (χ4v) is 3.14. The molecule has 0 radical (unpaired) electrons. The molecule has 2 heterocycles. The summed E-state index contributed by atoms with van der Waals surface area (Å²) in [4.78, 5) is 14.8. The van der Waals surface area contributed by atoms with Crippen LogP contribution in [0.2, 0.25) is 0 Å². The number of carbonyl (C=O) groups is 1. The lowest BCUT2D eigenvalue weighted by Gasteiger charge is -2.23. The van der Waals surface area contributed by atoms with Gasteiger partial charge in [-0.3, -0.25) is 4.79 Å². The fraction of sp³-hybridized carbons (Fsp3) is 0.167. The zero-order chi connectivity index (χ0) is 15.1. The summed E-state index contributed by atoms with van der Waals surface area (Å²) in [6.45, 7) is 2.09. The number of rotatable bonds is 1. The molecule has 0 bridgehead atoms. The zero-order valence-electron chi connectivity index (χ0n) is 12.2. The summed E-state index contributed by atoms with van der Waals surface area (Å²) in [5.41, 5.74) is 2.94. The molecule has 1 amide bonds. The van der Waals surface area contributed by atoms with Crippen molar-refractivity contribution in [1.29, 1.82) is 0 Å². The Balaban J connectivity index is 1.77. The highest BCUT2D eigenvalue weighted by atomic mass is 16.2. The van der Waals surface area contributed by atoms with E-state index in [1.807, 2.05) is 41.3 Å². The normalized spacial score (nSPS) is 16.8. The van der Waals surface area contributed by atoms with Crippen LogP contribution in [0.3, 0.4) is 0 Å². The summed E-state index contributed by atoms with van der Waals surface area (Å²) >= 11 is 0. The highest BCUT2D eigenvalue weighted by Gasteiger charge is 2.31. The van der Waals surface area contributed by atoms with Crippen LogP contribution in [-0.4, -0.2) is 22.1 Å². The molecule has 3 aromatic rings. The highest BCUT2D eigenvalue weighted by Crippen LogP contribution is 2.33. The van der Waals surface area contributed by atoms with Gasteiger partial charge < -0.3 is 4.90 Å². The minimum Gasteiger partial charge on any atom is -0.305 e. The van der Waals surface area contributed by atoms with E-state index >= 15 is 0 Å². The smallest absolute Gasteiger partial charge is 0.258 e. The molecule has 22 heavy (non-hydrogen) atoms. The van der Waals surface area contributed by atoms with Crippen LogP contribution in [0.1, 0.15) is 22.8 Å². The first-order valence-electron chi connectivity index (χ1n) is 7.36. The minimum atomic E-state index is 0.0381. The van der Waals surface area contributed by atoms with Crippen LogP contribution in [0.15, 0.2) is 54.9 Å². The minimum absolute atomic E-state index is 0.0381. The molecular weight excluding hydrogens is 274 g/mol. The Morgan fingerprint density at radius 3 is 2.73 bits per heavy atom. The molecule has 1 aliphatic heterocycles. The molecule has 0 N–H and O–H groups in total. The second-order valence-corrected chi connectivity index (χ2v) is 5.69. The average Bonchev–Trinajstić information content (AvgIpc) is 2.89. The Morgan fingerprint density at radius 1 is 1.09 bits per heavy atom. The van der Waals surface area contributed by atoms with Gasteiger partial charge >= 0.3 is 0 Å². The van der Waals surface area contributed by atoms with E-state index in [2.05, 4.69) is 23.2 Å². The largest absolute Gasteiger partial charge is 0.305 e. The van der Waals surface area contributed by atoms with Gasteiger partial charge in [0.25, 0.3) is 5.91 Å². The van der Waals surface area contributed by atoms with Crippen molar-refractivity contribution in [2.45, 2.75) is 19.4 Å².